The molecule has 0 saturated carbocycles. The molecule has 7 nitrogen and oxygen atoms in total. The summed E-state index contributed by atoms with van der Waals surface area (Å²) in [6, 6.07) is 7.03. The van der Waals surface area contributed by atoms with Crippen LogP contribution in [0, 0.1) is 13.8 Å². The first-order valence-electron chi connectivity index (χ1n) is 9.94. The lowest BCUT2D eigenvalue weighted by Gasteiger charge is -2.15. The van der Waals surface area contributed by atoms with Crippen molar-refractivity contribution in [3.05, 3.63) is 45.4 Å². The number of guanidine groups is 1. The molecule has 158 valence electrons. The van der Waals surface area contributed by atoms with Crippen LogP contribution in [0.3, 0.4) is 0 Å². The summed E-state index contributed by atoms with van der Waals surface area (Å²) in [5.74, 6) is 0.715. The van der Waals surface area contributed by atoms with Crippen molar-refractivity contribution in [2.45, 2.75) is 51.6 Å². The van der Waals surface area contributed by atoms with Crippen LogP contribution in [0.5, 0.6) is 0 Å². The molecule has 0 unspecified atom stereocenters. The number of nitrogens with one attached hydrogen (secondary N) is 2. The van der Waals surface area contributed by atoms with E-state index < -0.39 is 10.0 Å². The van der Waals surface area contributed by atoms with E-state index in [0.717, 1.165) is 35.7 Å². The quantitative estimate of drug-likeness (QED) is 0.516. The SMILES string of the molecule is CCNC(=NCc1ccc(S(=O)(=O)N2CCCC2)cc1)NCc1nc(C)c(C)s1. The van der Waals surface area contributed by atoms with Crippen LogP contribution in [0.25, 0.3) is 0 Å². The van der Waals surface area contributed by atoms with Gasteiger partial charge in [0.1, 0.15) is 5.01 Å². The molecule has 1 aliphatic rings. The second-order valence-electron chi connectivity index (χ2n) is 7.05. The molecule has 1 aliphatic heterocycles. The summed E-state index contributed by atoms with van der Waals surface area (Å²) in [6.45, 7) is 9.19. The van der Waals surface area contributed by atoms with Gasteiger partial charge in [0.05, 0.1) is 23.7 Å². The molecule has 29 heavy (non-hydrogen) atoms. The summed E-state index contributed by atoms with van der Waals surface area (Å²) < 4.78 is 26.8. The molecule has 1 fully saturated rings. The van der Waals surface area contributed by atoms with Gasteiger partial charge in [-0.25, -0.2) is 18.4 Å². The van der Waals surface area contributed by atoms with E-state index in [9.17, 15) is 8.42 Å². The third-order valence-electron chi connectivity index (χ3n) is 4.87. The maximum atomic E-state index is 12.6. The summed E-state index contributed by atoms with van der Waals surface area (Å²) >= 11 is 1.69. The number of thiazole rings is 1. The van der Waals surface area contributed by atoms with Gasteiger partial charge in [-0.05, 0) is 51.3 Å². The van der Waals surface area contributed by atoms with Crippen LogP contribution in [-0.4, -0.2) is 43.3 Å². The second kappa shape index (κ2) is 9.69. The Labute approximate surface area is 177 Å². The fourth-order valence-corrected chi connectivity index (χ4v) is 5.52. The highest BCUT2D eigenvalue weighted by molar-refractivity contribution is 7.89. The van der Waals surface area contributed by atoms with Crippen molar-refractivity contribution in [3.8, 4) is 0 Å². The number of sulfonamides is 1. The molecule has 9 heteroatoms. The van der Waals surface area contributed by atoms with E-state index in [0.29, 0.717) is 37.0 Å². The highest BCUT2D eigenvalue weighted by Gasteiger charge is 2.26. The zero-order chi connectivity index (χ0) is 20.9. The number of aromatic nitrogens is 1. The Balaban J connectivity index is 1.62. The fourth-order valence-electron chi connectivity index (χ4n) is 3.13. The van der Waals surface area contributed by atoms with Crippen LogP contribution in [-0.2, 0) is 23.1 Å². The minimum Gasteiger partial charge on any atom is -0.357 e. The summed E-state index contributed by atoms with van der Waals surface area (Å²) in [4.78, 5) is 10.7. The van der Waals surface area contributed by atoms with Gasteiger partial charge in [0.2, 0.25) is 10.0 Å². The molecule has 0 spiro atoms. The molecule has 2 aromatic rings. The van der Waals surface area contributed by atoms with Gasteiger partial charge >= 0.3 is 0 Å². The molecule has 0 amide bonds. The predicted molar refractivity (Wildman–Crippen MR) is 118 cm³/mol. The van der Waals surface area contributed by atoms with Gasteiger partial charge in [0.15, 0.2) is 5.96 Å². The van der Waals surface area contributed by atoms with E-state index in [1.54, 1.807) is 27.8 Å². The van der Waals surface area contributed by atoms with Crippen LogP contribution in [0.15, 0.2) is 34.2 Å². The van der Waals surface area contributed by atoms with Crippen molar-refractivity contribution in [1.82, 2.24) is 19.9 Å². The van der Waals surface area contributed by atoms with E-state index in [1.165, 1.54) is 4.88 Å². The number of hydrogen-bond acceptors (Lipinski definition) is 5. The normalized spacial score (nSPS) is 15.6. The van der Waals surface area contributed by atoms with Crippen molar-refractivity contribution >= 4 is 27.3 Å². The largest absolute Gasteiger partial charge is 0.357 e. The molecule has 1 saturated heterocycles. The Kier molecular flexibility index (Phi) is 7.26. The Hall–Kier alpha value is -1.97. The monoisotopic (exact) mass is 435 g/mol. The molecular weight excluding hydrogens is 406 g/mol. The molecular formula is C20H29N5O2S2. The minimum absolute atomic E-state index is 0.353. The van der Waals surface area contributed by atoms with Crippen LogP contribution >= 0.6 is 11.3 Å². The average Bonchev–Trinajstić information content (AvgIpc) is 3.35. The number of hydrogen-bond donors (Lipinski definition) is 2. The van der Waals surface area contributed by atoms with Gasteiger partial charge in [0, 0.05) is 24.5 Å². The number of nitrogens with zero attached hydrogens (tertiary/aromatic N) is 3. The maximum Gasteiger partial charge on any atom is 0.243 e. The van der Waals surface area contributed by atoms with Crippen LogP contribution in [0.1, 0.15) is 40.9 Å². The zero-order valence-corrected chi connectivity index (χ0v) is 18.9. The fraction of sp³-hybridized carbons (Fsp3) is 0.500. The molecule has 3 rings (SSSR count). The summed E-state index contributed by atoms with van der Waals surface area (Å²) in [5, 5.41) is 7.56. The Morgan fingerprint density at radius 1 is 1.17 bits per heavy atom. The average molecular weight is 436 g/mol. The van der Waals surface area contributed by atoms with E-state index in [4.69, 9.17) is 0 Å². The smallest absolute Gasteiger partial charge is 0.243 e. The first kappa shape index (κ1) is 21.7. The van der Waals surface area contributed by atoms with E-state index in [2.05, 4.69) is 27.5 Å². The van der Waals surface area contributed by atoms with Crippen molar-refractivity contribution in [2.75, 3.05) is 19.6 Å². The van der Waals surface area contributed by atoms with E-state index in [-0.39, 0.29) is 0 Å². The van der Waals surface area contributed by atoms with Gasteiger partial charge in [-0.3, -0.25) is 0 Å². The van der Waals surface area contributed by atoms with Crippen LogP contribution < -0.4 is 10.6 Å². The molecule has 2 N–H and O–H groups in total. The van der Waals surface area contributed by atoms with Gasteiger partial charge in [-0.1, -0.05) is 12.1 Å². The Morgan fingerprint density at radius 2 is 1.86 bits per heavy atom. The third kappa shape index (κ3) is 5.55. The Bertz CT molecular complexity index is 926. The minimum atomic E-state index is -3.37. The second-order valence-corrected chi connectivity index (χ2v) is 10.3. The highest BCUT2D eigenvalue weighted by atomic mass is 32.2. The third-order valence-corrected chi connectivity index (χ3v) is 7.86. The summed E-state index contributed by atoms with van der Waals surface area (Å²) in [7, 11) is -3.37. The molecule has 1 aromatic carbocycles. The molecule has 0 aliphatic carbocycles. The van der Waals surface area contributed by atoms with Gasteiger partial charge in [-0.15, -0.1) is 11.3 Å². The van der Waals surface area contributed by atoms with Gasteiger partial charge in [0.25, 0.3) is 0 Å². The zero-order valence-electron chi connectivity index (χ0n) is 17.2. The van der Waals surface area contributed by atoms with Crippen molar-refractivity contribution < 1.29 is 8.42 Å². The van der Waals surface area contributed by atoms with Crippen molar-refractivity contribution in [2.24, 2.45) is 4.99 Å². The predicted octanol–water partition coefficient (Wildman–Crippen LogP) is 2.80. The molecule has 0 bridgehead atoms. The molecule has 1 aromatic heterocycles. The topological polar surface area (TPSA) is 86.7 Å². The molecule has 0 atom stereocenters. The highest BCUT2D eigenvalue weighted by Crippen LogP contribution is 2.21. The number of rotatable bonds is 7. The van der Waals surface area contributed by atoms with Crippen molar-refractivity contribution in [1.29, 1.82) is 0 Å². The first-order valence-corrected chi connectivity index (χ1v) is 12.2. The first-order chi connectivity index (χ1) is 13.9. The number of aryl methyl sites for hydroxylation is 2. The molecule has 0 radical (unpaired) electrons. The lowest BCUT2D eigenvalue weighted by atomic mass is 10.2. The summed E-state index contributed by atoms with van der Waals surface area (Å²) in [5.41, 5.74) is 2.03. The van der Waals surface area contributed by atoms with Crippen LogP contribution in [0.2, 0.25) is 0 Å². The van der Waals surface area contributed by atoms with Crippen LogP contribution in [0.4, 0.5) is 0 Å². The lowest BCUT2D eigenvalue weighted by Crippen LogP contribution is -2.36. The maximum absolute atomic E-state index is 12.6. The van der Waals surface area contributed by atoms with Crippen molar-refractivity contribution in [3.63, 3.8) is 0 Å². The van der Waals surface area contributed by atoms with Gasteiger partial charge < -0.3 is 10.6 Å². The Morgan fingerprint density at radius 3 is 2.45 bits per heavy atom. The van der Waals surface area contributed by atoms with E-state index >= 15 is 0 Å². The van der Waals surface area contributed by atoms with E-state index in [1.807, 2.05) is 26.0 Å². The molecule has 2 heterocycles. The number of aliphatic imine (C=N–C) groups is 1. The number of benzene rings is 1. The lowest BCUT2D eigenvalue weighted by molar-refractivity contribution is 0.477. The standard InChI is InChI=1S/C20H29N5O2S2/c1-4-21-20(23-14-19-24-15(2)16(3)28-19)22-13-17-7-9-18(10-8-17)29(26,27)25-11-5-6-12-25/h7-10H,4-6,11-14H2,1-3H3,(H2,21,22,23). The summed E-state index contributed by atoms with van der Waals surface area (Å²) in [6.07, 6.45) is 1.87. The van der Waals surface area contributed by atoms with Gasteiger partial charge in [-0.2, -0.15) is 4.31 Å².